The van der Waals surface area contributed by atoms with Crippen LogP contribution in [0.15, 0.2) is 65.8 Å². The van der Waals surface area contributed by atoms with E-state index in [0.717, 1.165) is 5.56 Å². The first-order chi connectivity index (χ1) is 14.8. The Bertz CT molecular complexity index is 1410. The molecule has 0 saturated carbocycles. The third-order valence-corrected chi connectivity index (χ3v) is 6.15. The molecule has 1 N–H and O–H groups in total. The lowest BCUT2D eigenvalue weighted by molar-refractivity contribution is 0.0926. The molecule has 0 spiro atoms. The van der Waals surface area contributed by atoms with Gasteiger partial charge in [0.05, 0.1) is 18.2 Å². The summed E-state index contributed by atoms with van der Waals surface area (Å²) in [5.41, 5.74) is 3.05. The molecule has 0 saturated heterocycles. The van der Waals surface area contributed by atoms with Crippen molar-refractivity contribution in [3.63, 3.8) is 0 Å². The van der Waals surface area contributed by atoms with Crippen LogP contribution in [0.5, 0.6) is 5.75 Å². The Kier molecular flexibility index (Phi) is 5.20. The van der Waals surface area contributed by atoms with Crippen molar-refractivity contribution < 1.29 is 17.9 Å². The highest BCUT2D eigenvalue weighted by Gasteiger charge is 2.19. The number of hydrogen-bond donors (Lipinski definition) is 1. The van der Waals surface area contributed by atoms with Crippen molar-refractivity contribution in [1.29, 1.82) is 0 Å². The van der Waals surface area contributed by atoms with Crippen LogP contribution in [-0.4, -0.2) is 36.2 Å². The van der Waals surface area contributed by atoms with Crippen LogP contribution >= 0.6 is 0 Å². The molecule has 2 heterocycles. The van der Waals surface area contributed by atoms with Crippen molar-refractivity contribution in [2.45, 2.75) is 18.7 Å². The Morgan fingerprint density at radius 2 is 1.90 bits per heavy atom. The molecule has 0 amide bonds. The molecule has 0 fully saturated rings. The fraction of sp³-hybridized carbons (Fsp3) is 0.136. The SMILES string of the molecule is COc1ccc(S(=O)(=O)Nc2cccc(C)c2)cc1-c1cnc2c(cnn2C(C)=O)c1. The molecule has 31 heavy (non-hydrogen) atoms. The predicted molar refractivity (Wildman–Crippen MR) is 118 cm³/mol. The number of aryl methyl sites for hydroxylation is 1. The van der Waals surface area contributed by atoms with Crippen LogP contribution < -0.4 is 9.46 Å². The molecule has 0 unspecified atom stereocenters. The summed E-state index contributed by atoms with van der Waals surface area (Å²) in [4.78, 5) is 16.1. The maximum Gasteiger partial charge on any atom is 0.261 e. The fourth-order valence-corrected chi connectivity index (χ4v) is 4.38. The third kappa shape index (κ3) is 3.99. The first kappa shape index (κ1) is 20.5. The predicted octanol–water partition coefficient (Wildman–Crippen LogP) is 3.88. The first-order valence-corrected chi connectivity index (χ1v) is 10.9. The van der Waals surface area contributed by atoms with Gasteiger partial charge in [-0.25, -0.2) is 13.4 Å². The van der Waals surface area contributed by atoms with Crippen molar-refractivity contribution in [3.8, 4) is 16.9 Å². The molecular formula is C22H20N4O4S. The topological polar surface area (TPSA) is 103 Å². The fourth-order valence-electron chi connectivity index (χ4n) is 3.30. The normalized spacial score (nSPS) is 11.5. The van der Waals surface area contributed by atoms with E-state index in [0.29, 0.717) is 33.6 Å². The number of carbonyl (C=O) groups excluding carboxylic acids is 1. The minimum absolute atomic E-state index is 0.0873. The Morgan fingerprint density at radius 3 is 2.61 bits per heavy atom. The van der Waals surface area contributed by atoms with Gasteiger partial charge in [0, 0.05) is 35.3 Å². The zero-order valence-corrected chi connectivity index (χ0v) is 18.0. The summed E-state index contributed by atoms with van der Waals surface area (Å²) >= 11 is 0. The molecule has 4 aromatic rings. The minimum atomic E-state index is -3.82. The summed E-state index contributed by atoms with van der Waals surface area (Å²) in [6, 6.07) is 13.5. The standard InChI is InChI=1S/C22H20N4O4S/c1-14-5-4-6-18(9-14)25-31(28,29)19-7-8-21(30-3)20(11-19)16-10-17-13-24-26(15(2)27)22(17)23-12-16/h4-13,25H,1-3H3. The van der Waals surface area contributed by atoms with Crippen molar-refractivity contribution in [2.24, 2.45) is 0 Å². The van der Waals surface area contributed by atoms with E-state index in [2.05, 4.69) is 14.8 Å². The molecule has 0 aliphatic heterocycles. The summed E-state index contributed by atoms with van der Waals surface area (Å²) < 4.78 is 35.2. The van der Waals surface area contributed by atoms with Gasteiger partial charge in [-0.05, 0) is 48.9 Å². The molecule has 0 bridgehead atoms. The highest BCUT2D eigenvalue weighted by Crippen LogP contribution is 2.33. The molecule has 2 aromatic carbocycles. The molecule has 158 valence electrons. The average molecular weight is 436 g/mol. The first-order valence-electron chi connectivity index (χ1n) is 9.41. The number of aromatic nitrogens is 3. The number of anilines is 1. The Balaban J connectivity index is 1.77. The Hall–Kier alpha value is -3.72. The quantitative estimate of drug-likeness (QED) is 0.509. The van der Waals surface area contributed by atoms with Gasteiger partial charge in [-0.2, -0.15) is 9.78 Å². The summed E-state index contributed by atoms with van der Waals surface area (Å²) in [6.07, 6.45) is 3.10. The zero-order valence-electron chi connectivity index (χ0n) is 17.2. The number of rotatable bonds is 5. The van der Waals surface area contributed by atoms with Crippen LogP contribution in [0.2, 0.25) is 0 Å². The largest absolute Gasteiger partial charge is 0.496 e. The molecule has 2 aromatic heterocycles. The average Bonchev–Trinajstić information content (AvgIpc) is 3.16. The van der Waals surface area contributed by atoms with Crippen molar-refractivity contribution in [1.82, 2.24) is 14.8 Å². The smallest absolute Gasteiger partial charge is 0.261 e. The van der Waals surface area contributed by atoms with Gasteiger partial charge in [0.1, 0.15) is 5.75 Å². The van der Waals surface area contributed by atoms with E-state index in [1.165, 1.54) is 30.8 Å². The third-order valence-electron chi connectivity index (χ3n) is 4.77. The molecule has 4 rings (SSSR count). The summed E-state index contributed by atoms with van der Waals surface area (Å²) in [7, 11) is -2.31. The lowest BCUT2D eigenvalue weighted by atomic mass is 10.1. The van der Waals surface area contributed by atoms with Crippen LogP contribution in [0.1, 0.15) is 17.3 Å². The molecule has 0 aliphatic rings. The minimum Gasteiger partial charge on any atom is -0.496 e. The van der Waals surface area contributed by atoms with E-state index in [4.69, 9.17) is 4.74 Å². The lowest BCUT2D eigenvalue weighted by Crippen LogP contribution is -2.13. The van der Waals surface area contributed by atoms with E-state index >= 15 is 0 Å². The second kappa shape index (κ2) is 7.84. The van der Waals surface area contributed by atoms with Gasteiger partial charge in [0.15, 0.2) is 5.65 Å². The van der Waals surface area contributed by atoms with E-state index in [1.54, 1.807) is 42.7 Å². The summed E-state index contributed by atoms with van der Waals surface area (Å²) in [5, 5.41) is 4.70. The molecular weight excluding hydrogens is 416 g/mol. The summed E-state index contributed by atoms with van der Waals surface area (Å²) in [6.45, 7) is 3.29. The summed E-state index contributed by atoms with van der Waals surface area (Å²) in [5.74, 6) is 0.248. The van der Waals surface area contributed by atoms with Crippen molar-refractivity contribution in [2.75, 3.05) is 11.8 Å². The molecule has 8 nitrogen and oxygen atoms in total. The lowest BCUT2D eigenvalue weighted by Gasteiger charge is -2.13. The number of benzene rings is 2. The Morgan fingerprint density at radius 1 is 1.10 bits per heavy atom. The van der Waals surface area contributed by atoms with Crippen LogP contribution in [-0.2, 0) is 10.0 Å². The van der Waals surface area contributed by atoms with Gasteiger partial charge in [-0.3, -0.25) is 9.52 Å². The van der Waals surface area contributed by atoms with Gasteiger partial charge >= 0.3 is 0 Å². The molecule has 0 atom stereocenters. The maximum atomic E-state index is 13.0. The number of fused-ring (bicyclic) bond motifs is 1. The van der Waals surface area contributed by atoms with E-state index in [-0.39, 0.29) is 10.8 Å². The maximum absolute atomic E-state index is 13.0. The van der Waals surface area contributed by atoms with Crippen molar-refractivity contribution >= 4 is 32.7 Å². The van der Waals surface area contributed by atoms with Gasteiger partial charge in [0.25, 0.3) is 10.0 Å². The highest BCUT2D eigenvalue weighted by atomic mass is 32.2. The van der Waals surface area contributed by atoms with E-state index in [9.17, 15) is 13.2 Å². The number of pyridine rings is 1. The zero-order chi connectivity index (χ0) is 22.2. The number of hydrogen-bond acceptors (Lipinski definition) is 6. The highest BCUT2D eigenvalue weighted by molar-refractivity contribution is 7.92. The number of carbonyl (C=O) groups is 1. The second-order valence-electron chi connectivity index (χ2n) is 7.05. The van der Waals surface area contributed by atoms with Gasteiger partial charge in [-0.1, -0.05) is 12.1 Å². The number of nitrogens with one attached hydrogen (secondary N) is 1. The number of nitrogens with zero attached hydrogens (tertiary/aromatic N) is 3. The van der Waals surface area contributed by atoms with Crippen LogP contribution in [0.3, 0.4) is 0 Å². The molecule has 0 aliphatic carbocycles. The Labute approximate surface area is 179 Å². The monoisotopic (exact) mass is 436 g/mol. The van der Waals surface area contributed by atoms with Gasteiger partial charge < -0.3 is 4.74 Å². The molecule has 0 radical (unpaired) electrons. The second-order valence-corrected chi connectivity index (χ2v) is 8.73. The van der Waals surface area contributed by atoms with Gasteiger partial charge in [0.2, 0.25) is 5.91 Å². The van der Waals surface area contributed by atoms with Gasteiger partial charge in [-0.15, -0.1) is 0 Å². The number of sulfonamides is 1. The van der Waals surface area contributed by atoms with E-state index in [1.807, 2.05) is 13.0 Å². The van der Waals surface area contributed by atoms with Crippen LogP contribution in [0.4, 0.5) is 5.69 Å². The van der Waals surface area contributed by atoms with Crippen molar-refractivity contribution in [3.05, 3.63) is 66.5 Å². The molecule has 9 heteroatoms. The number of ether oxygens (including phenoxy) is 1. The van der Waals surface area contributed by atoms with Crippen LogP contribution in [0.25, 0.3) is 22.2 Å². The number of methoxy groups -OCH3 is 1. The van der Waals surface area contributed by atoms with Crippen LogP contribution in [0, 0.1) is 6.92 Å². The van der Waals surface area contributed by atoms with E-state index < -0.39 is 10.0 Å².